The van der Waals surface area contributed by atoms with Gasteiger partial charge >= 0.3 is 0 Å². The number of ether oxygens (including phenoxy) is 1. The Hall–Kier alpha value is -2.38. The van der Waals surface area contributed by atoms with Crippen LogP contribution in [0.5, 0.6) is 11.5 Å². The molecule has 3 rings (SSSR count). The third kappa shape index (κ3) is 4.72. The van der Waals surface area contributed by atoms with Gasteiger partial charge in [0.1, 0.15) is 0 Å². The third-order valence-electron chi connectivity index (χ3n) is 4.70. The van der Waals surface area contributed by atoms with Gasteiger partial charge < -0.3 is 9.84 Å². The van der Waals surface area contributed by atoms with Crippen LogP contribution in [0.2, 0.25) is 0 Å². The molecule has 1 N–H and O–H groups in total. The van der Waals surface area contributed by atoms with Gasteiger partial charge in [0.05, 0.1) is 17.2 Å². The average molecular weight is 403 g/mol. The first-order valence-corrected chi connectivity index (χ1v) is 11.1. The van der Waals surface area contributed by atoms with E-state index in [1.807, 2.05) is 6.92 Å². The Labute approximate surface area is 166 Å². The molecule has 0 bridgehead atoms. The molecule has 0 aromatic heterocycles. The molecule has 1 aliphatic heterocycles. The summed E-state index contributed by atoms with van der Waals surface area (Å²) in [5, 5.41) is 10.3. The molecule has 28 heavy (non-hydrogen) atoms. The molecule has 2 aromatic carbocycles. The number of phenolic OH excluding ortho intramolecular Hbond substituents is 1. The summed E-state index contributed by atoms with van der Waals surface area (Å²) in [4.78, 5) is 4.60. The molecular formula is C21H26N2O4S. The normalized spacial score (nSPS) is 16.2. The van der Waals surface area contributed by atoms with Crippen molar-refractivity contribution in [2.45, 2.75) is 37.5 Å². The Bertz CT molecular complexity index is 933. The molecule has 0 aliphatic carbocycles. The molecule has 150 valence electrons. The van der Waals surface area contributed by atoms with Crippen molar-refractivity contribution in [1.29, 1.82) is 0 Å². The van der Waals surface area contributed by atoms with Crippen molar-refractivity contribution in [2.75, 3.05) is 19.7 Å². The number of benzene rings is 2. The first kappa shape index (κ1) is 20.4. The van der Waals surface area contributed by atoms with Crippen LogP contribution in [0.3, 0.4) is 0 Å². The summed E-state index contributed by atoms with van der Waals surface area (Å²) in [5.74, 6) is 0.408. The smallest absolute Gasteiger partial charge is 0.243 e. The summed E-state index contributed by atoms with van der Waals surface area (Å²) in [6, 6.07) is 11.8. The lowest BCUT2D eigenvalue weighted by Crippen LogP contribution is -2.31. The zero-order valence-corrected chi connectivity index (χ0v) is 16.9. The van der Waals surface area contributed by atoms with Crippen molar-refractivity contribution >= 4 is 21.9 Å². The van der Waals surface area contributed by atoms with E-state index in [4.69, 9.17) is 4.74 Å². The van der Waals surface area contributed by atoms with Gasteiger partial charge in [-0.05, 0) is 50.1 Å². The highest BCUT2D eigenvalue weighted by molar-refractivity contribution is 7.89. The van der Waals surface area contributed by atoms with Crippen molar-refractivity contribution in [3.8, 4) is 11.5 Å². The van der Waals surface area contributed by atoms with Gasteiger partial charge in [-0.3, -0.25) is 4.99 Å². The molecule has 1 heterocycles. The van der Waals surface area contributed by atoms with Crippen molar-refractivity contribution < 1.29 is 18.3 Å². The van der Waals surface area contributed by atoms with Crippen LogP contribution in [-0.2, 0) is 10.0 Å². The number of aliphatic imine (C=N–C) groups is 1. The first-order valence-electron chi connectivity index (χ1n) is 9.61. The van der Waals surface area contributed by atoms with Crippen LogP contribution < -0.4 is 4.74 Å². The summed E-state index contributed by atoms with van der Waals surface area (Å²) < 4.78 is 32.9. The maximum absolute atomic E-state index is 13.0. The second kappa shape index (κ2) is 9.21. The van der Waals surface area contributed by atoms with Gasteiger partial charge in [0.15, 0.2) is 11.5 Å². The fourth-order valence-corrected chi connectivity index (χ4v) is 4.77. The van der Waals surface area contributed by atoms with Gasteiger partial charge in [0.25, 0.3) is 0 Å². The highest BCUT2D eigenvalue weighted by atomic mass is 32.2. The van der Waals surface area contributed by atoms with Crippen LogP contribution in [0.15, 0.2) is 52.4 Å². The number of hydrogen-bond donors (Lipinski definition) is 1. The molecule has 1 saturated heterocycles. The first-order chi connectivity index (χ1) is 13.5. The number of hydrogen-bond acceptors (Lipinski definition) is 5. The Morgan fingerprint density at radius 1 is 1.11 bits per heavy atom. The van der Waals surface area contributed by atoms with Crippen molar-refractivity contribution in [3.63, 3.8) is 0 Å². The average Bonchev–Trinajstić information content (AvgIpc) is 2.99. The fourth-order valence-electron chi connectivity index (χ4n) is 3.21. The number of sulfonamides is 1. The van der Waals surface area contributed by atoms with Gasteiger partial charge in [-0.1, -0.05) is 25.0 Å². The second-order valence-corrected chi connectivity index (χ2v) is 8.64. The highest BCUT2D eigenvalue weighted by Gasteiger charge is 2.25. The lowest BCUT2D eigenvalue weighted by atomic mass is 10.2. The molecule has 0 amide bonds. The lowest BCUT2D eigenvalue weighted by molar-refractivity contribution is 0.318. The maximum Gasteiger partial charge on any atom is 0.243 e. The minimum absolute atomic E-state index is 0.0152. The van der Waals surface area contributed by atoms with Gasteiger partial charge in [-0.15, -0.1) is 0 Å². The van der Waals surface area contributed by atoms with Gasteiger partial charge in [-0.25, -0.2) is 8.42 Å². The number of nitrogens with zero attached hydrogens (tertiary/aromatic N) is 2. The second-order valence-electron chi connectivity index (χ2n) is 6.70. The molecule has 0 radical (unpaired) electrons. The number of rotatable bonds is 6. The van der Waals surface area contributed by atoms with E-state index >= 15 is 0 Å². The minimum Gasteiger partial charge on any atom is -0.504 e. The van der Waals surface area contributed by atoms with E-state index in [2.05, 4.69) is 4.99 Å². The molecule has 1 aliphatic rings. The molecule has 6 nitrogen and oxygen atoms in total. The van der Waals surface area contributed by atoms with E-state index in [0.717, 1.165) is 25.7 Å². The van der Waals surface area contributed by atoms with E-state index in [0.29, 0.717) is 36.7 Å². The molecule has 0 spiro atoms. The monoisotopic (exact) mass is 402 g/mol. The third-order valence-corrected chi connectivity index (χ3v) is 6.60. The maximum atomic E-state index is 13.0. The van der Waals surface area contributed by atoms with Gasteiger partial charge in [-0.2, -0.15) is 4.31 Å². The van der Waals surface area contributed by atoms with E-state index < -0.39 is 10.0 Å². The molecule has 2 aromatic rings. The standard InChI is InChI=1S/C21H26N2O4S/c1-2-27-20-12-7-9-17(21(20)24)16-22-18-10-8-11-19(15-18)28(25,26)23-13-5-3-4-6-14-23/h7-12,15-16,24H,2-6,13-14H2,1H3. The van der Waals surface area contributed by atoms with Gasteiger partial charge in [0.2, 0.25) is 10.0 Å². The van der Waals surface area contributed by atoms with Gasteiger partial charge in [0, 0.05) is 24.9 Å². The summed E-state index contributed by atoms with van der Waals surface area (Å²) in [6.45, 7) is 3.42. The Kier molecular flexibility index (Phi) is 6.70. The van der Waals surface area contributed by atoms with Crippen LogP contribution in [0.1, 0.15) is 38.2 Å². The predicted molar refractivity (Wildman–Crippen MR) is 110 cm³/mol. The molecule has 1 fully saturated rings. The zero-order chi connectivity index (χ0) is 20.0. The molecule has 0 saturated carbocycles. The molecule has 0 unspecified atom stereocenters. The van der Waals surface area contributed by atoms with E-state index in [1.165, 1.54) is 6.21 Å². The fraction of sp³-hybridized carbons (Fsp3) is 0.381. The minimum atomic E-state index is -3.52. The largest absolute Gasteiger partial charge is 0.504 e. The Morgan fingerprint density at radius 2 is 1.82 bits per heavy atom. The topological polar surface area (TPSA) is 79.2 Å². The highest BCUT2D eigenvalue weighted by Crippen LogP contribution is 2.29. The van der Waals surface area contributed by atoms with Crippen molar-refractivity contribution in [2.24, 2.45) is 4.99 Å². The Morgan fingerprint density at radius 3 is 2.54 bits per heavy atom. The number of aromatic hydroxyl groups is 1. The van der Waals surface area contributed by atoms with Crippen molar-refractivity contribution in [3.05, 3.63) is 48.0 Å². The zero-order valence-electron chi connectivity index (χ0n) is 16.0. The summed E-state index contributed by atoms with van der Waals surface area (Å²) >= 11 is 0. The van der Waals surface area contributed by atoms with Crippen LogP contribution in [0.4, 0.5) is 5.69 Å². The lowest BCUT2D eigenvalue weighted by Gasteiger charge is -2.20. The van der Waals surface area contributed by atoms with E-state index in [1.54, 1.807) is 46.8 Å². The molecule has 7 heteroatoms. The van der Waals surface area contributed by atoms with Crippen LogP contribution in [0, 0.1) is 0 Å². The SMILES string of the molecule is CCOc1cccc(C=Nc2cccc(S(=O)(=O)N3CCCCCC3)c2)c1O. The van der Waals surface area contributed by atoms with Crippen LogP contribution in [0.25, 0.3) is 0 Å². The van der Waals surface area contributed by atoms with E-state index in [9.17, 15) is 13.5 Å². The van der Waals surface area contributed by atoms with Crippen molar-refractivity contribution in [1.82, 2.24) is 4.31 Å². The van der Waals surface area contributed by atoms with Crippen LogP contribution in [-0.4, -0.2) is 43.7 Å². The number of para-hydroxylation sites is 1. The van der Waals surface area contributed by atoms with E-state index in [-0.39, 0.29) is 10.6 Å². The summed E-state index contributed by atoms with van der Waals surface area (Å²) in [5.41, 5.74) is 1.02. The summed E-state index contributed by atoms with van der Waals surface area (Å²) in [6.07, 6.45) is 5.44. The summed E-state index contributed by atoms with van der Waals surface area (Å²) in [7, 11) is -3.52. The molecular weight excluding hydrogens is 376 g/mol. The quantitative estimate of drug-likeness (QED) is 0.738. The molecule has 0 atom stereocenters. The number of phenols is 1. The Balaban J connectivity index is 1.84. The van der Waals surface area contributed by atoms with Crippen LogP contribution >= 0.6 is 0 Å². The predicted octanol–water partition coefficient (Wildman–Crippen LogP) is 4.11.